The zero-order chi connectivity index (χ0) is 10.5. The predicted octanol–water partition coefficient (Wildman–Crippen LogP) is 1.16. The van der Waals surface area contributed by atoms with Gasteiger partial charge in [0.15, 0.2) is 0 Å². The van der Waals surface area contributed by atoms with Gasteiger partial charge >= 0.3 is 0 Å². The van der Waals surface area contributed by atoms with Gasteiger partial charge in [0.05, 0.1) is 0 Å². The van der Waals surface area contributed by atoms with Crippen molar-refractivity contribution in [1.29, 1.82) is 0 Å². The number of aromatic nitrogens is 1. The average Bonchev–Trinajstić information content (AvgIpc) is 2.46. The lowest BCUT2D eigenvalue weighted by molar-refractivity contribution is -0.121. The van der Waals surface area contributed by atoms with E-state index in [1.807, 2.05) is 18.2 Å². The number of amides is 1. The third kappa shape index (κ3) is 2.68. The molecular formula is C11H15N3O. The first-order valence-corrected chi connectivity index (χ1v) is 5.31. The van der Waals surface area contributed by atoms with E-state index in [1.165, 1.54) is 0 Å². The summed E-state index contributed by atoms with van der Waals surface area (Å²) in [5.74, 6) is 0.845. The molecule has 1 aromatic rings. The van der Waals surface area contributed by atoms with Gasteiger partial charge in [0.1, 0.15) is 11.9 Å². The first-order chi connectivity index (χ1) is 7.36. The van der Waals surface area contributed by atoms with Gasteiger partial charge < -0.3 is 10.6 Å². The monoisotopic (exact) mass is 205 g/mol. The molecule has 1 fully saturated rings. The molecule has 1 atom stereocenters. The molecule has 2 N–H and O–H groups in total. The number of hydrogen-bond acceptors (Lipinski definition) is 3. The summed E-state index contributed by atoms with van der Waals surface area (Å²) < 4.78 is 0. The van der Waals surface area contributed by atoms with Crippen molar-refractivity contribution >= 4 is 11.7 Å². The molecule has 2 heterocycles. The van der Waals surface area contributed by atoms with Crippen LogP contribution in [0.4, 0.5) is 5.82 Å². The lowest BCUT2D eigenvalue weighted by Crippen LogP contribution is -2.38. The van der Waals surface area contributed by atoms with Gasteiger partial charge in [0, 0.05) is 12.7 Å². The van der Waals surface area contributed by atoms with Crippen LogP contribution in [0.2, 0.25) is 0 Å². The standard InChI is InChI=1S/C11H15N3O/c15-11-9(5-1-3-8-13-11)14-10-6-2-4-7-12-10/h2,4,6-7,9H,1,3,5,8H2,(H,12,14)(H,13,15). The van der Waals surface area contributed by atoms with Crippen molar-refractivity contribution in [3.8, 4) is 0 Å². The summed E-state index contributed by atoms with van der Waals surface area (Å²) in [5.41, 5.74) is 0. The van der Waals surface area contributed by atoms with Crippen LogP contribution in [-0.4, -0.2) is 23.5 Å². The summed E-state index contributed by atoms with van der Waals surface area (Å²) in [6.07, 6.45) is 4.73. The Balaban J connectivity index is 2.01. The third-order valence-electron chi connectivity index (χ3n) is 2.52. The number of nitrogens with zero attached hydrogens (tertiary/aromatic N) is 1. The molecule has 80 valence electrons. The van der Waals surface area contributed by atoms with Crippen molar-refractivity contribution in [2.24, 2.45) is 0 Å². The van der Waals surface area contributed by atoms with Gasteiger partial charge in [-0.25, -0.2) is 4.98 Å². The highest BCUT2D eigenvalue weighted by atomic mass is 16.2. The molecule has 1 aromatic heterocycles. The maximum atomic E-state index is 11.6. The minimum Gasteiger partial charge on any atom is -0.358 e. The number of nitrogens with one attached hydrogen (secondary N) is 2. The molecule has 0 spiro atoms. The lowest BCUT2D eigenvalue weighted by atomic mass is 10.1. The molecule has 1 amide bonds. The van der Waals surface area contributed by atoms with Gasteiger partial charge in [0.25, 0.3) is 0 Å². The van der Waals surface area contributed by atoms with E-state index in [1.54, 1.807) is 6.20 Å². The summed E-state index contributed by atoms with van der Waals surface area (Å²) in [7, 11) is 0. The molecule has 0 saturated carbocycles. The molecule has 1 unspecified atom stereocenters. The molecule has 0 aromatic carbocycles. The highest BCUT2D eigenvalue weighted by Crippen LogP contribution is 2.10. The number of carbonyl (C=O) groups excluding carboxylic acids is 1. The Bertz CT molecular complexity index is 326. The predicted molar refractivity (Wildman–Crippen MR) is 58.5 cm³/mol. The van der Waals surface area contributed by atoms with Crippen molar-refractivity contribution in [3.05, 3.63) is 24.4 Å². The molecule has 4 heteroatoms. The molecule has 1 aliphatic rings. The highest BCUT2D eigenvalue weighted by molar-refractivity contribution is 5.84. The number of rotatable bonds is 2. The van der Waals surface area contributed by atoms with E-state index in [-0.39, 0.29) is 11.9 Å². The Kier molecular flexibility index (Phi) is 3.17. The lowest BCUT2D eigenvalue weighted by Gasteiger charge is -2.15. The fourth-order valence-corrected chi connectivity index (χ4v) is 1.70. The Morgan fingerprint density at radius 2 is 2.33 bits per heavy atom. The second-order valence-corrected chi connectivity index (χ2v) is 3.70. The summed E-state index contributed by atoms with van der Waals surface area (Å²) in [4.78, 5) is 15.8. The van der Waals surface area contributed by atoms with Crippen LogP contribution in [0.25, 0.3) is 0 Å². The van der Waals surface area contributed by atoms with Crippen molar-refractivity contribution in [2.75, 3.05) is 11.9 Å². The maximum Gasteiger partial charge on any atom is 0.242 e. The SMILES string of the molecule is O=C1NCCCCC1Nc1ccccn1. The van der Waals surface area contributed by atoms with E-state index in [0.717, 1.165) is 31.6 Å². The fraction of sp³-hybridized carbons (Fsp3) is 0.455. The van der Waals surface area contributed by atoms with Crippen LogP contribution in [0, 0.1) is 0 Å². The zero-order valence-corrected chi connectivity index (χ0v) is 8.57. The molecule has 15 heavy (non-hydrogen) atoms. The Labute approximate surface area is 89.1 Å². The van der Waals surface area contributed by atoms with Crippen molar-refractivity contribution in [2.45, 2.75) is 25.3 Å². The highest BCUT2D eigenvalue weighted by Gasteiger charge is 2.20. The number of anilines is 1. The van der Waals surface area contributed by atoms with Crippen LogP contribution in [0.5, 0.6) is 0 Å². The number of carbonyl (C=O) groups is 1. The van der Waals surface area contributed by atoms with Crippen LogP contribution in [0.3, 0.4) is 0 Å². The molecule has 0 bridgehead atoms. The Hall–Kier alpha value is -1.58. The number of pyridine rings is 1. The first kappa shape index (κ1) is 9.96. The van der Waals surface area contributed by atoms with E-state index in [0.29, 0.717) is 0 Å². The van der Waals surface area contributed by atoms with Gasteiger partial charge in [-0.05, 0) is 31.4 Å². The van der Waals surface area contributed by atoms with Crippen LogP contribution < -0.4 is 10.6 Å². The van der Waals surface area contributed by atoms with E-state index in [2.05, 4.69) is 15.6 Å². The van der Waals surface area contributed by atoms with Crippen molar-refractivity contribution in [3.63, 3.8) is 0 Å². The molecule has 0 radical (unpaired) electrons. The quantitative estimate of drug-likeness (QED) is 0.761. The van der Waals surface area contributed by atoms with Crippen LogP contribution in [0.15, 0.2) is 24.4 Å². The van der Waals surface area contributed by atoms with E-state index < -0.39 is 0 Å². The zero-order valence-electron chi connectivity index (χ0n) is 8.57. The van der Waals surface area contributed by atoms with Gasteiger partial charge in [-0.3, -0.25) is 4.79 Å². The summed E-state index contributed by atoms with van der Waals surface area (Å²) in [6.45, 7) is 0.791. The number of hydrogen-bond donors (Lipinski definition) is 2. The molecular weight excluding hydrogens is 190 g/mol. The van der Waals surface area contributed by atoms with E-state index in [4.69, 9.17) is 0 Å². The normalized spacial score (nSPS) is 21.6. The molecule has 0 aliphatic carbocycles. The van der Waals surface area contributed by atoms with Crippen LogP contribution in [-0.2, 0) is 4.79 Å². The Morgan fingerprint density at radius 1 is 1.40 bits per heavy atom. The van der Waals surface area contributed by atoms with Crippen molar-refractivity contribution < 1.29 is 4.79 Å². The summed E-state index contributed by atoms with van der Waals surface area (Å²) >= 11 is 0. The van der Waals surface area contributed by atoms with Crippen molar-refractivity contribution in [1.82, 2.24) is 10.3 Å². The smallest absolute Gasteiger partial charge is 0.242 e. The third-order valence-corrected chi connectivity index (χ3v) is 2.52. The largest absolute Gasteiger partial charge is 0.358 e. The van der Waals surface area contributed by atoms with Gasteiger partial charge in [-0.15, -0.1) is 0 Å². The minimum absolute atomic E-state index is 0.0816. The molecule has 4 nitrogen and oxygen atoms in total. The van der Waals surface area contributed by atoms with Crippen LogP contribution in [0.1, 0.15) is 19.3 Å². The average molecular weight is 205 g/mol. The topological polar surface area (TPSA) is 54.0 Å². The molecule has 1 saturated heterocycles. The first-order valence-electron chi connectivity index (χ1n) is 5.31. The van der Waals surface area contributed by atoms with E-state index in [9.17, 15) is 4.79 Å². The second-order valence-electron chi connectivity index (χ2n) is 3.70. The fourth-order valence-electron chi connectivity index (χ4n) is 1.70. The van der Waals surface area contributed by atoms with E-state index >= 15 is 0 Å². The van der Waals surface area contributed by atoms with Gasteiger partial charge in [-0.1, -0.05) is 6.07 Å². The van der Waals surface area contributed by atoms with Gasteiger partial charge in [-0.2, -0.15) is 0 Å². The second kappa shape index (κ2) is 4.77. The minimum atomic E-state index is -0.137. The Morgan fingerprint density at radius 3 is 3.13 bits per heavy atom. The molecule has 2 rings (SSSR count). The maximum absolute atomic E-state index is 11.6. The van der Waals surface area contributed by atoms with Gasteiger partial charge in [0.2, 0.25) is 5.91 Å². The summed E-state index contributed by atoms with van der Waals surface area (Å²) in [5, 5.41) is 6.03. The summed E-state index contributed by atoms with van der Waals surface area (Å²) in [6, 6.07) is 5.50. The van der Waals surface area contributed by atoms with Crippen LogP contribution >= 0.6 is 0 Å². The molecule has 1 aliphatic heterocycles.